The molecule has 5 nitrogen and oxygen atoms in total. The van der Waals surface area contributed by atoms with Gasteiger partial charge in [0.05, 0.1) is 23.7 Å². The number of carbonyl (C=O) groups is 1. The zero-order chi connectivity index (χ0) is 22.4. The van der Waals surface area contributed by atoms with Gasteiger partial charge in [-0.15, -0.1) is 0 Å². The van der Waals surface area contributed by atoms with Crippen molar-refractivity contribution in [3.63, 3.8) is 0 Å². The van der Waals surface area contributed by atoms with Crippen molar-refractivity contribution in [3.05, 3.63) is 101 Å². The van der Waals surface area contributed by atoms with Crippen LogP contribution in [0.4, 0.5) is 5.95 Å². The summed E-state index contributed by atoms with van der Waals surface area (Å²) in [4.78, 5) is 18.5. The molecule has 33 heavy (non-hydrogen) atoms. The molecule has 0 spiro atoms. The van der Waals surface area contributed by atoms with Gasteiger partial charge < -0.3 is 10.1 Å². The topological polar surface area (TPSA) is 56.1 Å². The van der Waals surface area contributed by atoms with E-state index in [4.69, 9.17) is 9.72 Å². The number of ether oxygens (including phenoxy) is 1. The zero-order valence-electron chi connectivity index (χ0n) is 18.5. The quantitative estimate of drug-likeness (QED) is 0.437. The number of nitrogens with one attached hydrogen (secondary N) is 1. The number of hydrogen-bond acceptors (Lipinski definition) is 4. The van der Waals surface area contributed by atoms with Crippen molar-refractivity contribution in [2.45, 2.75) is 31.7 Å². The molecule has 1 N–H and O–H groups in total. The van der Waals surface area contributed by atoms with Gasteiger partial charge in [0.2, 0.25) is 5.95 Å². The summed E-state index contributed by atoms with van der Waals surface area (Å²) in [5.74, 6) is 1.98. The fourth-order valence-electron chi connectivity index (χ4n) is 5.21. The Morgan fingerprint density at radius 3 is 2.48 bits per heavy atom. The second kappa shape index (κ2) is 7.93. The van der Waals surface area contributed by atoms with Gasteiger partial charge in [-0.1, -0.05) is 54.6 Å². The van der Waals surface area contributed by atoms with Gasteiger partial charge in [0.15, 0.2) is 5.78 Å². The van der Waals surface area contributed by atoms with Gasteiger partial charge in [-0.25, -0.2) is 4.98 Å². The number of anilines is 1. The van der Waals surface area contributed by atoms with E-state index in [9.17, 15) is 4.79 Å². The number of Topliss-reactive ketones (excluding diaryl/α,β-unsaturated/α-hetero) is 1. The van der Waals surface area contributed by atoms with E-state index in [0.29, 0.717) is 13.0 Å². The number of aromatic nitrogens is 2. The number of ketones is 1. The predicted molar refractivity (Wildman–Crippen MR) is 130 cm³/mol. The average molecular weight is 436 g/mol. The Labute approximate surface area is 192 Å². The first-order valence-electron chi connectivity index (χ1n) is 11.5. The summed E-state index contributed by atoms with van der Waals surface area (Å²) in [6, 6.07) is 26.3. The molecule has 0 fully saturated rings. The first-order valence-corrected chi connectivity index (χ1v) is 11.5. The maximum atomic E-state index is 13.7. The normalized spacial score (nSPS) is 19.7. The molecule has 5 heteroatoms. The van der Waals surface area contributed by atoms with Crippen molar-refractivity contribution in [1.29, 1.82) is 0 Å². The van der Waals surface area contributed by atoms with Crippen molar-refractivity contribution in [3.8, 4) is 5.75 Å². The number of benzene rings is 3. The van der Waals surface area contributed by atoms with Crippen LogP contribution in [0, 0.1) is 0 Å². The van der Waals surface area contributed by atoms with Crippen LogP contribution in [0.25, 0.3) is 11.0 Å². The van der Waals surface area contributed by atoms with E-state index in [1.54, 1.807) is 0 Å². The molecule has 1 aliphatic heterocycles. The van der Waals surface area contributed by atoms with Crippen LogP contribution in [0.15, 0.2) is 90.1 Å². The molecule has 164 valence electrons. The number of hydrogen-bond donors (Lipinski definition) is 1. The van der Waals surface area contributed by atoms with Gasteiger partial charge in [0.1, 0.15) is 5.75 Å². The molecule has 1 aromatic heterocycles. The minimum Gasteiger partial charge on any atom is -0.494 e. The lowest BCUT2D eigenvalue weighted by atomic mass is 9.77. The van der Waals surface area contributed by atoms with E-state index < -0.39 is 0 Å². The van der Waals surface area contributed by atoms with Crippen LogP contribution >= 0.6 is 0 Å². The largest absolute Gasteiger partial charge is 0.494 e. The summed E-state index contributed by atoms with van der Waals surface area (Å²) in [6.45, 7) is 2.60. The monoisotopic (exact) mass is 435 g/mol. The minimum absolute atomic E-state index is 0.168. The molecule has 2 heterocycles. The van der Waals surface area contributed by atoms with Crippen LogP contribution in [0.2, 0.25) is 0 Å². The molecule has 2 atom stereocenters. The molecule has 6 rings (SSSR count). The van der Waals surface area contributed by atoms with E-state index >= 15 is 0 Å². The molecule has 1 aliphatic carbocycles. The fraction of sp³-hybridized carbons (Fsp3) is 0.214. The summed E-state index contributed by atoms with van der Waals surface area (Å²) in [5, 5.41) is 3.54. The van der Waals surface area contributed by atoms with Crippen molar-refractivity contribution < 1.29 is 9.53 Å². The number of para-hydroxylation sites is 2. The van der Waals surface area contributed by atoms with E-state index in [-0.39, 0.29) is 17.7 Å². The molecule has 2 aliphatic rings. The van der Waals surface area contributed by atoms with Crippen molar-refractivity contribution in [2.24, 2.45) is 0 Å². The maximum absolute atomic E-state index is 13.7. The third kappa shape index (κ3) is 3.32. The molecule has 3 aromatic carbocycles. The second-order valence-electron chi connectivity index (χ2n) is 8.65. The SMILES string of the molecule is CCOc1ccc(C2C3=C(CC(c4ccccc4)CC3=O)Nc3nc4ccccc4n32)cc1. The van der Waals surface area contributed by atoms with E-state index in [1.165, 1.54) is 5.56 Å². The number of fused-ring (bicyclic) bond motifs is 3. The molecular formula is C28H25N3O2. The Bertz CT molecular complexity index is 1370. The maximum Gasteiger partial charge on any atom is 0.209 e. The molecule has 0 bridgehead atoms. The highest BCUT2D eigenvalue weighted by Gasteiger charge is 2.39. The second-order valence-corrected chi connectivity index (χ2v) is 8.65. The predicted octanol–water partition coefficient (Wildman–Crippen LogP) is 5.85. The lowest BCUT2D eigenvalue weighted by molar-refractivity contribution is -0.116. The van der Waals surface area contributed by atoms with Gasteiger partial charge >= 0.3 is 0 Å². The molecule has 4 aromatic rings. The van der Waals surface area contributed by atoms with Gasteiger partial charge in [-0.3, -0.25) is 9.36 Å². The molecule has 0 saturated carbocycles. The highest BCUT2D eigenvalue weighted by atomic mass is 16.5. The molecule has 0 amide bonds. The van der Waals surface area contributed by atoms with Crippen LogP contribution in [0.5, 0.6) is 5.75 Å². The summed E-state index contributed by atoms with van der Waals surface area (Å²) >= 11 is 0. The van der Waals surface area contributed by atoms with Crippen molar-refractivity contribution in [2.75, 3.05) is 11.9 Å². The smallest absolute Gasteiger partial charge is 0.209 e. The molecule has 0 radical (unpaired) electrons. The van der Waals surface area contributed by atoms with Crippen LogP contribution < -0.4 is 10.1 Å². The van der Waals surface area contributed by atoms with Crippen molar-refractivity contribution >= 4 is 22.8 Å². The van der Waals surface area contributed by atoms with Crippen LogP contribution in [0.3, 0.4) is 0 Å². The average Bonchev–Trinajstić information content (AvgIpc) is 3.22. The van der Waals surface area contributed by atoms with E-state index in [2.05, 4.69) is 40.2 Å². The Balaban J connectivity index is 1.50. The van der Waals surface area contributed by atoms with Gasteiger partial charge in [0, 0.05) is 17.7 Å². The molecular weight excluding hydrogens is 410 g/mol. The number of nitrogens with zero attached hydrogens (tertiary/aromatic N) is 2. The van der Waals surface area contributed by atoms with E-state index in [0.717, 1.165) is 46.0 Å². The number of rotatable bonds is 4. The first-order chi connectivity index (χ1) is 16.2. The highest BCUT2D eigenvalue weighted by molar-refractivity contribution is 6.01. The van der Waals surface area contributed by atoms with Gasteiger partial charge in [0.25, 0.3) is 0 Å². The Kier molecular flexibility index (Phi) is 4.75. The standard InChI is InChI=1S/C28H25N3O2/c1-2-33-21-14-12-19(13-15-21)27-26-23(16-20(17-25(26)32)18-8-4-3-5-9-18)30-28-29-22-10-6-7-11-24(22)31(27)28/h3-15,20,27H,2,16-17H2,1H3,(H,29,30). The van der Waals surface area contributed by atoms with Crippen LogP contribution in [-0.4, -0.2) is 21.9 Å². The number of allylic oxidation sites excluding steroid dienone is 2. The fourth-order valence-corrected chi connectivity index (χ4v) is 5.21. The third-order valence-electron chi connectivity index (χ3n) is 6.68. The molecule has 0 saturated heterocycles. The molecule has 2 unspecified atom stereocenters. The minimum atomic E-state index is -0.219. The lowest BCUT2D eigenvalue weighted by Gasteiger charge is -2.36. The number of carbonyl (C=O) groups excluding carboxylic acids is 1. The van der Waals surface area contributed by atoms with Gasteiger partial charge in [-0.05, 0) is 54.7 Å². The summed E-state index contributed by atoms with van der Waals surface area (Å²) in [5.41, 5.74) is 6.04. The Hall–Kier alpha value is -3.86. The van der Waals surface area contributed by atoms with Crippen molar-refractivity contribution in [1.82, 2.24) is 9.55 Å². The zero-order valence-corrected chi connectivity index (χ0v) is 18.5. The van der Waals surface area contributed by atoms with Gasteiger partial charge in [-0.2, -0.15) is 0 Å². The summed E-state index contributed by atoms with van der Waals surface area (Å²) < 4.78 is 7.82. The summed E-state index contributed by atoms with van der Waals surface area (Å²) in [7, 11) is 0. The Morgan fingerprint density at radius 1 is 0.939 bits per heavy atom. The number of imidazole rings is 1. The van der Waals surface area contributed by atoms with E-state index in [1.807, 2.05) is 55.5 Å². The highest BCUT2D eigenvalue weighted by Crippen LogP contribution is 2.46. The Morgan fingerprint density at radius 2 is 1.70 bits per heavy atom. The lowest BCUT2D eigenvalue weighted by Crippen LogP contribution is -2.33. The summed E-state index contributed by atoms with van der Waals surface area (Å²) in [6.07, 6.45) is 1.31. The third-order valence-corrected chi connectivity index (χ3v) is 6.68. The van der Waals surface area contributed by atoms with Crippen LogP contribution in [0.1, 0.15) is 42.9 Å². The van der Waals surface area contributed by atoms with Crippen LogP contribution in [-0.2, 0) is 4.79 Å². The first kappa shape index (κ1) is 19.8.